The van der Waals surface area contributed by atoms with Crippen molar-refractivity contribution in [3.63, 3.8) is 0 Å². The molecule has 0 spiro atoms. The van der Waals surface area contributed by atoms with Crippen LogP contribution in [0.25, 0.3) is 0 Å². The Morgan fingerprint density at radius 3 is 2.29 bits per heavy atom. The van der Waals surface area contributed by atoms with Gasteiger partial charge in [-0.1, -0.05) is 81.4 Å². The molecular weight excluding hydrogens is 288 g/mol. The van der Waals surface area contributed by atoms with Gasteiger partial charge < -0.3 is 0 Å². The molecule has 0 bridgehead atoms. The van der Waals surface area contributed by atoms with Gasteiger partial charge in [0.25, 0.3) is 0 Å². The summed E-state index contributed by atoms with van der Waals surface area (Å²) in [6.45, 7) is 17.2. The molecule has 0 aromatic rings. The lowest BCUT2D eigenvalue weighted by Crippen LogP contribution is -2.27. The smallest absolute Gasteiger partial charge is 0.00409 e. The van der Waals surface area contributed by atoms with Gasteiger partial charge in [-0.25, -0.2) is 0 Å². The molecule has 0 nitrogen and oxygen atoms in total. The van der Waals surface area contributed by atoms with Crippen LogP contribution in [-0.4, -0.2) is 0 Å². The van der Waals surface area contributed by atoms with E-state index in [1.807, 2.05) is 0 Å². The first-order valence-corrected chi connectivity index (χ1v) is 9.67. The predicted octanol–water partition coefficient (Wildman–Crippen LogP) is 8.06. The molecular formula is C24H40. The van der Waals surface area contributed by atoms with E-state index in [2.05, 4.69) is 96.7 Å². The standard InChI is InChI=1S/C24H40/c1-8-12-14-15-23(17-16-21(5)6)24(18-10-3,19-13-9-2)20-22(7)11-4/h9-11,14-18,21,23H,2,8,12-13,19-20H2,1,3-7H3. The molecule has 136 valence electrons. The minimum atomic E-state index is 0.134. The van der Waals surface area contributed by atoms with Crippen LogP contribution in [0.15, 0.2) is 60.8 Å². The van der Waals surface area contributed by atoms with Crippen LogP contribution >= 0.6 is 0 Å². The van der Waals surface area contributed by atoms with Gasteiger partial charge in [0.15, 0.2) is 0 Å². The third kappa shape index (κ3) is 8.52. The number of rotatable bonds is 12. The molecule has 0 saturated heterocycles. The molecule has 2 atom stereocenters. The molecule has 0 aliphatic heterocycles. The average molecular weight is 329 g/mol. The van der Waals surface area contributed by atoms with Gasteiger partial charge in [-0.3, -0.25) is 0 Å². The Morgan fingerprint density at radius 2 is 1.79 bits per heavy atom. The van der Waals surface area contributed by atoms with Gasteiger partial charge in [-0.05, 0) is 52.4 Å². The minimum absolute atomic E-state index is 0.134. The second-order valence-corrected chi connectivity index (χ2v) is 7.24. The van der Waals surface area contributed by atoms with E-state index in [1.165, 1.54) is 12.0 Å². The molecule has 0 rings (SSSR count). The van der Waals surface area contributed by atoms with Crippen LogP contribution in [-0.2, 0) is 0 Å². The van der Waals surface area contributed by atoms with Crippen LogP contribution in [0, 0.1) is 17.3 Å². The van der Waals surface area contributed by atoms with Crippen molar-refractivity contribution in [3.8, 4) is 0 Å². The van der Waals surface area contributed by atoms with E-state index in [-0.39, 0.29) is 5.41 Å². The van der Waals surface area contributed by atoms with Crippen LogP contribution in [0.5, 0.6) is 0 Å². The van der Waals surface area contributed by atoms with E-state index in [4.69, 9.17) is 0 Å². The summed E-state index contributed by atoms with van der Waals surface area (Å²) in [5.41, 5.74) is 1.60. The van der Waals surface area contributed by atoms with Gasteiger partial charge in [0.1, 0.15) is 0 Å². The molecule has 0 aliphatic carbocycles. The van der Waals surface area contributed by atoms with Crippen molar-refractivity contribution >= 4 is 0 Å². The lowest BCUT2D eigenvalue weighted by Gasteiger charge is -2.37. The second-order valence-electron chi connectivity index (χ2n) is 7.24. The van der Waals surface area contributed by atoms with Crippen LogP contribution < -0.4 is 0 Å². The van der Waals surface area contributed by atoms with Crippen molar-refractivity contribution in [3.05, 3.63) is 60.8 Å². The molecule has 24 heavy (non-hydrogen) atoms. The van der Waals surface area contributed by atoms with E-state index < -0.39 is 0 Å². The van der Waals surface area contributed by atoms with Crippen LogP contribution in [0.1, 0.15) is 73.6 Å². The van der Waals surface area contributed by atoms with Crippen LogP contribution in [0.3, 0.4) is 0 Å². The first kappa shape index (κ1) is 22.7. The molecule has 0 heteroatoms. The Morgan fingerprint density at radius 1 is 1.08 bits per heavy atom. The summed E-state index contributed by atoms with van der Waals surface area (Å²) in [5.74, 6) is 1.01. The summed E-state index contributed by atoms with van der Waals surface area (Å²) < 4.78 is 0. The molecule has 0 aromatic carbocycles. The SMILES string of the molecule is C=CCCC(C=CC)(CC(C)=CC)C(C=CCCC)C=CC(C)C. The maximum Gasteiger partial charge on any atom is 0.00409 e. The van der Waals surface area contributed by atoms with Crippen molar-refractivity contribution in [1.82, 2.24) is 0 Å². The van der Waals surface area contributed by atoms with Crippen LogP contribution in [0.4, 0.5) is 0 Å². The molecule has 0 aliphatic rings. The highest BCUT2D eigenvalue weighted by atomic mass is 14.4. The zero-order chi connectivity index (χ0) is 18.4. The molecule has 0 saturated carbocycles. The molecule has 0 heterocycles. The maximum atomic E-state index is 3.96. The fraction of sp³-hybridized carbons (Fsp3) is 0.583. The zero-order valence-electron chi connectivity index (χ0n) is 17.0. The zero-order valence-corrected chi connectivity index (χ0v) is 17.0. The normalized spacial score (nSPS) is 17.2. The number of unbranched alkanes of at least 4 members (excludes halogenated alkanes) is 1. The quantitative estimate of drug-likeness (QED) is 0.318. The first-order valence-electron chi connectivity index (χ1n) is 9.67. The second kappa shape index (κ2) is 13.0. The Hall–Kier alpha value is -1.30. The largest absolute Gasteiger partial charge is 0.103 e. The fourth-order valence-electron chi connectivity index (χ4n) is 3.15. The third-order valence-electron chi connectivity index (χ3n) is 4.58. The topological polar surface area (TPSA) is 0 Å². The van der Waals surface area contributed by atoms with Gasteiger partial charge in [0, 0.05) is 11.3 Å². The van der Waals surface area contributed by atoms with Crippen LogP contribution in [0.2, 0.25) is 0 Å². The van der Waals surface area contributed by atoms with E-state index in [0.717, 1.165) is 25.7 Å². The lowest BCUT2D eigenvalue weighted by atomic mass is 9.67. The van der Waals surface area contributed by atoms with Crippen molar-refractivity contribution in [2.24, 2.45) is 17.3 Å². The summed E-state index contributed by atoms with van der Waals surface area (Å²) in [7, 11) is 0. The summed E-state index contributed by atoms with van der Waals surface area (Å²) in [5, 5.41) is 0. The number of hydrogen-bond donors (Lipinski definition) is 0. The Bertz CT molecular complexity index is 445. The monoisotopic (exact) mass is 328 g/mol. The minimum Gasteiger partial charge on any atom is -0.103 e. The third-order valence-corrected chi connectivity index (χ3v) is 4.58. The maximum absolute atomic E-state index is 3.96. The summed E-state index contributed by atoms with van der Waals surface area (Å²) in [6, 6.07) is 0. The van der Waals surface area contributed by atoms with E-state index >= 15 is 0 Å². The van der Waals surface area contributed by atoms with Gasteiger partial charge in [0.2, 0.25) is 0 Å². The summed E-state index contributed by atoms with van der Waals surface area (Å²) in [4.78, 5) is 0. The van der Waals surface area contributed by atoms with Gasteiger partial charge >= 0.3 is 0 Å². The highest BCUT2D eigenvalue weighted by molar-refractivity contribution is 5.19. The summed E-state index contributed by atoms with van der Waals surface area (Å²) >= 11 is 0. The lowest BCUT2D eigenvalue weighted by molar-refractivity contribution is 0.291. The molecule has 0 N–H and O–H groups in total. The van der Waals surface area contributed by atoms with Gasteiger partial charge in [-0.15, -0.1) is 6.58 Å². The summed E-state index contributed by atoms with van der Waals surface area (Å²) in [6.07, 6.45) is 24.2. The predicted molar refractivity (Wildman–Crippen MR) is 112 cm³/mol. The number of allylic oxidation sites excluding steroid dienone is 9. The molecule has 0 fully saturated rings. The van der Waals surface area contributed by atoms with Gasteiger partial charge in [-0.2, -0.15) is 0 Å². The van der Waals surface area contributed by atoms with Crippen molar-refractivity contribution in [2.75, 3.05) is 0 Å². The van der Waals surface area contributed by atoms with Crippen molar-refractivity contribution in [2.45, 2.75) is 73.6 Å². The number of hydrogen-bond acceptors (Lipinski definition) is 0. The molecule has 0 radical (unpaired) electrons. The average Bonchev–Trinajstić information content (AvgIpc) is 2.55. The molecule has 0 amide bonds. The van der Waals surface area contributed by atoms with Crippen molar-refractivity contribution < 1.29 is 0 Å². The van der Waals surface area contributed by atoms with E-state index in [9.17, 15) is 0 Å². The Kier molecular flexibility index (Phi) is 12.3. The highest BCUT2D eigenvalue weighted by Crippen LogP contribution is 2.43. The van der Waals surface area contributed by atoms with Crippen molar-refractivity contribution in [1.29, 1.82) is 0 Å². The molecule has 2 unspecified atom stereocenters. The first-order chi connectivity index (χ1) is 11.5. The Labute approximate surface area is 152 Å². The van der Waals surface area contributed by atoms with Gasteiger partial charge in [0.05, 0.1) is 0 Å². The molecule has 0 aromatic heterocycles. The Balaban J connectivity index is 5.91. The fourth-order valence-corrected chi connectivity index (χ4v) is 3.15. The highest BCUT2D eigenvalue weighted by Gasteiger charge is 2.32. The van der Waals surface area contributed by atoms with E-state index in [1.54, 1.807) is 0 Å². The van der Waals surface area contributed by atoms with E-state index in [0.29, 0.717) is 11.8 Å².